The van der Waals surface area contributed by atoms with Gasteiger partial charge in [-0.1, -0.05) is 24.3 Å². The second-order valence-electron chi connectivity index (χ2n) is 6.41. The molecule has 1 N–H and O–H groups in total. The van der Waals surface area contributed by atoms with Crippen LogP contribution < -0.4 is 5.46 Å². The summed E-state index contributed by atoms with van der Waals surface area (Å²) in [6.07, 6.45) is -1.27. The largest absolute Gasteiger partial charge is 0.494 e. The fraction of sp³-hybridized carbons (Fsp3) is 0.562. The Morgan fingerprint density at radius 3 is 2.14 bits per heavy atom. The summed E-state index contributed by atoms with van der Waals surface area (Å²) in [7, 11) is -0.459. The van der Waals surface area contributed by atoms with E-state index in [9.17, 15) is 9.90 Å². The first-order valence-corrected chi connectivity index (χ1v) is 7.48. The Hall–Kier alpha value is -1.37. The minimum atomic E-state index is -1.27. The Balaban J connectivity index is 2.12. The van der Waals surface area contributed by atoms with Crippen molar-refractivity contribution in [3.8, 4) is 0 Å². The van der Waals surface area contributed by atoms with Gasteiger partial charge in [0, 0.05) is 0 Å². The Labute approximate surface area is 131 Å². The highest BCUT2D eigenvalue weighted by molar-refractivity contribution is 6.62. The van der Waals surface area contributed by atoms with Crippen LogP contribution in [0.25, 0.3) is 0 Å². The molecule has 120 valence electrons. The lowest BCUT2D eigenvalue weighted by Gasteiger charge is -2.32. The van der Waals surface area contributed by atoms with Crippen molar-refractivity contribution < 1.29 is 23.9 Å². The van der Waals surface area contributed by atoms with Gasteiger partial charge in [-0.3, -0.25) is 0 Å². The maximum atomic E-state index is 11.5. The fourth-order valence-corrected chi connectivity index (χ4v) is 2.17. The van der Waals surface area contributed by atoms with E-state index in [0.29, 0.717) is 5.56 Å². The van der Waals surface area contributed by atoms with Crippen LogP contribution in [0.4, 0.5) is 0 Å². The molecule has 22 heavy (non-hydrogen) atoms. The number of esters is 1. The Morgan fingerprint density at radius 1 is 1.18 bits per heavy atom. The van der Waals surface area contributed by atoms with E-state index >= 15 is 0 Å². The maximum Gasteiger partial charge on any atom is 0.494 e. The molecule has 2 rings (SSSR count). The van der Waals surface area contributed by atoms with Crippen molar-refractivity contribution in [3.05, 3.63) is 29.8 Å². The van der Waals surface area contributed by atoms with E-state index in [4.69, 9.17) is 14.0 Å². The van der Waals surface area contributed by atoms with E-state index in [0.717, 1.165) is 5.46 Å². The van der Waals surface area contributed by atoms with E-state index < -0.39 is 30.4 Å². The predicted molar refractivity (Wildman–Crippen MR) is 83.8 cm³/mol. The van der Waals surface area contributed by atoms with Crippen LogP contribution in [-0.4, -0.2) is 36.0 Å². The first-order chi connectivity index (χ1) is 10.2. The number of aliphatic hydroxyl groups excluding tert-OH is 1. The summed E-state index contributed by atoms with van der Waals surface area (Å²) in [5.41, 5.74) is 0.527. The first kappa shape index (κ1) is 17.0. The summed E-state index contributed by atoms with van der Waals surface area (Å²) in [4.78, 5) is 11.5. The first-order valence-electron chi connectivity index (χ1n) is 7.48. The number of carbonyl (C=O) groups is 1. The van der Waals surface area contributed by atoms with Gasteiger partial charge >= 0.3 is 13.1 Å². The normalized spacial score (nSPS) is 20.7. The number of rotatable bonds is 4. The van der Waals surface area contributed by atoms with Gasteiger partial charge in [0.05, 0.1) is 17.8 Å². The lowest BCUT2D eigenvalue weighted by atomic mass is 9.78. The average molecular weight is 306 g/mol. The molecule has 1 aliphatic rings. The SMILES string of the molecule is CCOC(=O)C(O)c1ccc(B2OC(C)(C)C(C)(C)O2)cc1. The average Bonchev–Trinajstić information content (AvgIpc) is 2.67. The second kappa shape index (κ2) is 6.03. The lowest BCUT2D eigenvalue weighted by molar-refractivity contribution is -0.153. The summed E-state index contributed by atoms with van der Waals surface area (Å²) in [5, 5.41) is 9.91. The van der Waals surface area contributed by atoms with Crippen LogP contribution >= 0.6 is 0 Å². The molecule has 5 nitrogen and oxygen atoms in total. The number of carbonyl (C=O) groups excluding carboxylic acids is 1. The van der Waals surface area contributed by atoms with Crippen LogP contribution in [0.2, 0.25) is 0 Å². The number of ether oxygens (including phenoxy) is 1. The predicted octanol–water partition coefficient (Wildman–Crippen LogP) is 1.58. The molecule has 6 heteroatoms. The molecular formula is C16H23BO5. The number of hydrogen-bond donors (Lipinski definition) is 1. The van der Waals surface area contributed by atoms with Gasteiger partial charge in [-0.25, -0.2) is 4.79 Å². The highest BCUT2D eigenvalue weighted by Gasteiger charge is 2.51. The van der Waals surface area contributed by atoms with Gasteiger partial charge in [0.2, 0.25) is 0 Å². The molecule has 1 unspecified atom stereocenters. The van der Waals surface area contributed by atoms with Crippen LogP contribution in [0.5, 0.6) is 0 Å². The van der Waals surface area contributed by atoms with Crippen molar-refractivity contribution in [3.63, 3.8) is 0 Å². The highest BCUT2D eigenvalue weighted by atomic mass is 16.7. The molecule has 0 bridgehead atoms. The van der Waals surface area contributed by atoms with Crippen LogP contribution in [-0.2, 0) is 18.8 Å². The van der Waals surface area contributed by atoms with Crippen LogP contribution in [0.15, 0.2) is 24.3 Å². The Morgan fingerprint density at radius 2 is 1.68 bits per heavy atom. The third-order valence-electron chi connectivity index (χ3n) is 4.29. The Bertz CT molecular complexity index is 522. The molecule has 0 aliphatic carbocycles. The number of hydrogen-bond acceptors (Lipinski definition) is 5. The fourth-order valence-electron chi connectivity index (χ4n) is 2.17. The van der Waals surface area contributed by atoms with E-state index in [-0.39, 0.29) is 6.61 Å². The molecule has 1 aromatic rings. The van der Waals surface area contributed by atoms with Crippen molar-refractivity contribution in [2.75, 3.05) is 6.61 Å². The summed E-state index contributed by atoms with van der Waals surface area (Å²) in [6, 6.07) is 6.95. The summed E-state index contributed by atoms with van der Waals surface area (Å²) in [6.45, 7) is 9.91. The number of aliphatic hydroxyl groups is 1. The Kier molecular flexibility index (Phi) is 4.66. The van der Waals surface area contributed by atoms with Crippen molar-refractivity contribution in [2.24, 2.45) is 0 Å². The third kappa shape index (κ3) is 3.19. The molecule has 0 spiro atoms. The minimum Gasteiger partial charge on any atom is -0.464 e. The van der Waals surface area contributed by atoms with Crippen LogP contribution in [0.1, 0.15) is 46.3 Å². The standard InChI is InChI=1S/C16H23BO5/c1-6-20-14(19)13(18)11-7-9-12(10-8-11)17-21-15(2,3)16(4,5)22-17/h7-10,13,18H,6H2,1-5H3. The van der Waals surface area contributed by atoms with E-state index in [1.165, 1.54) is 0 Å². The van der Waals surface area contributed by atoms with Gasteiger partial charge in [-0.05, 0) is 45.6 Å². The smallest absolute Gasteiger partial charge is 0.464 e. The topological polar surface area (TPSA) is 65.0 Å². The van der Waals surface area contributed by atoms with Crippen LogP contribution in [0, 0.1) is 0 Å². The molecule has 0 radical (unpaired) electrons. The molecule has 1 saturated heterocycles. The van der Waals surface area contributed by atoms with Gasteiger partial charge < -0.3 is 19.2 Å². The van der Waals surface area contributed by atoms with E-state index in [1.54, 1.807) is 31.2 Å². The highest BCUT2D eigenvalue weighted by Crippen LogP contribution is 2.36. The van der Waals surface area contributed by atoms with Crippen LogP contribution in [0.3, 0.4) is 0 Å². The van der Waals surface area contributed by atoms with Gasteiger partial charge in [0.25, 0.3) is 0 Å². The molecule has 1 fully saturated rings. The molecule has 1 aromatic carbocycles. The second-order valence-corrected chi connectivity index (χ2v) is 6.41. The molecule has 0 aromatic heterocycles. The van der Waals surface area contributed by atoms with Gasteiger partial charge in [-0.15, -0.1) is 0 Å². The van der Waals surface area contributed by atoms with Gasteiger partial charge in [-0.2, -0.15) is 0 Å². The minimum absolute atomic E-state index is 0.238. The zero-order valence-corrected chi connectivity index (χ0v) is 13.8. The van der Waals surface area contributed by atoms with Crippen molar-refractivity contribution >= 4 is 18.6 Å². The third-order valence-corrected chi connectivity index (χ3v) is 4.29. The van der Waals surface area contributed by atoms with E-state index in [2.05, 4.69) is 0 Å². The molecular weight excluding hydrogens is 283 g/mol. The summed E-state index contributed by atoms with van der Waals surface area (Å²) >= 11 is 0. The molecule has 1 heterocycles. The maximum absolute atomic E-state index is 11.5. The monoisotopic (exact) mass is 306 g/mol. The lowest BCUT2D eigenvalue weighted by Crippen LogP contribution is -2.41. The van der Waals surface area contributed by atoms with Gasteiger partial charge in [0.15, 0.2) is 6.10 Å². The quantitative estimate of drug-likeness (QED) is 0.676. The number of benzene rings is 1. The zero-order chi connectivity index (χ0) is 16.5. The molecule has 0 saturated carbocycles. The molecule has 1 atom stereocenters. The van der Waals surface area contributed by atoms with E-state index in [1.807, 2.05) is 27.7 Å². The van der Waals surface area contributed by atoms with Crippen molar-refractivity contribution in [1.29, 1.82) is 0 Å². The molecule has 0 amide bonds. The van der Waals surface area contributed by atoms with Crippen molar-refractivity contribution in [2.45, 2.75) is 51.9 Å². The molecule has 1 aliphatic heterocycles. The summed E-state index contributed by atoms with van der Waals surface area (Å²) < 4.78 is 16.7. The van der Waals surface area contributed by atoms with Crippen molar-refractivity contribution in [1.82, 2.24) is 0 Å². The zero-order valence-electron chi connectivity index (χ0n) is 13.8. The summed E-state index contributed by atoms with van der Waals surface area (Å²) in [5.74, 6) is -0.647. The van der Waals surface area contributed by atoms with Gasteiger partial charge in [0.1, 0.15) is 0 Å².